The summed E-state index contributed by atoms with van der Waals surface area (Å²) < 4.78 is 0. The van der Waals surface area contributed by atoms with Gasteiger partial charge in [0.15, 0.2) is 0 Å². The molecule has 1 N–H and O–H groups in total. The Balaban J connectivity index is 3.85. The Morgan fingerprint density at radius 1 is 1.00 bits per heavy atom. The molecule has 0 fully saturated rings. The van der Waals surface area contributed by atoms with Gasteiger partial charge in [0.05, 0.1) is 0 Å². The zero-order valence-electron chi connectivity index (χ0n) is 10.1. The van der Waals surface area contributed by atoms with Gasteiger partial charge < -0.3 is 5.11 Å². The molecule has 0 heterocycles. The average Bonchev–Trinajstić information content (AvgIpc) is 2.19. The molecule has 0 aliphatic carbocycles. The lowest BCUT2D eigenvalue weighted by atomic mass is 10.0. The third-order valence-corrected chi connectivity index (χ3v) is 2.53. The summed E-state index contributed by atoms with van der Waals surface area (Å²) in [4.78, 5) is 10.6. The van der Waals surface area contributed by atoms with Gasteiger partial charge in [-0.15, -0.1) is 0 Å². The van der Waals surface area contributed by atoms with Crippen LogP contribution in [0.4, 0.5) is 0 Å². The van der Waals surface area contributed by atoms with E-state index in [1.54, 1.807) is 0 Å². The van der Waals surface area contributed by atoms with Crippen LogP contribution in [-0.2, 0) is 4.79 Å². The fourth-order valence-electron chi connectivity index (χ4n) is 1.63. The molecular weight excluding hydrogens is 188 g/mol. The minimum atomic E-state index is -0.795. The maximum atomic E-state index is 10.6. The predicted octanol–water partition coefficient (Wildman–Crippen LogP) is 4.16. The van der Waals surface area contributed by atoms with Gasteiger partial charge in [-0.3, -0.25) is 0 Å². The van der Waals surface area contributed by atoms with E-state index >= 15 is 0 Å². The number of carboxylic acids is 1. The summed E-state index contributed by atoms with van der Waals surface area (Å²) in [5.41, 5.74) is 1.11. The van der Waals surface area contributed by atoms with Gasteiger partial charge in [0.2, 0.25) is 0 Å². The van der Waals surface area contributed by atoms with Crippen LogP contribution in [-0.4, -0.2) is 11.1 Å². The van der Waals surface area contributed by atoms with E-state index in [4.69, 9.17) is 5.11 Å². The topological polar surface area (TPSA) is 37.3 Å². The number of rotatable bonds is 9. The lowest BCUT2D eigenvalue weighted by Gasteiger charge is -2.05. The predicted molar refractivity (Wildman–Crippen MR) is 64.0 cm³/mol. The fourth-order valence-corrected chi connectivity index (χ4v) is 1.63. The van der Waals surface area contributed by atoms with Crippen molar-refractivity contribution in [3.05, 3.63) is 11.6 Å². The van der Waals surface area contributed by atoms with Crippen molar-refractivity contribution in [3.63, 3.8) is 0 Å². The molecule has 0 spiro atoms. The highest BCUT2D eigenvalue weighted by molar-refractivity contribution is 5.80. The minimum Gasteiger partial charge on any atom is -0.478 e. The molecule has 0 aromatic carbocycles. The number of hydrogen-bond acceptors (Lipinski definition) is 1. The van der Waals surface area contributed by atoms with Crippen molar-refractivity contribution in [2.24, 2.45) is 0 Å². The molecule has 88 valence electrons. The summed E-state index contributed by atoms with van der Waals surface area (Å²) in [5.74, 6) is -0.795. The van der Waals surface area contributed by atoms with Crippen molar-refractivity contribution in [1.82, 2.24) is 0 Å². The van der Waals surface area contributed by atoms with Crippen LogP contribution in [0.25, 0.3) is 0 Å². The summed E-state index contributed by atoms with van der Waals surface area (Å²) in [5, 5.41) is 8.71. The standard InChI is InChI=1S/C13H24O2/c1-3-5-7-8-10-12(9-6-4-2)11-13(14)15/h11H,3-10H2,1-2H3,(H,14,15)/b12-11-. The zero-order chi connectivity index (χ0) is 11.5. The van der Waals surface area contributed by atoms with E-state index in [1.165, 1.54) is 25.3 Å². The second kappa shape index (κ2) is 9.75. The van der Waals surface area contributed by atoms with Gasteiger partial charge in [-0.05, 0) is 25.7 Å². The Labute approximate surface area is 93.4 Å². The van der Waals surface area contributed by atoms with Gasteiger partial charge in [0.25, 0.3) is 0 Å². The Hall–Kier alpha value is -0.790. The molecular formula is C13H24O2. The van der Waals surface area contributed by atoms with Gasteiger partial charge in [-0.2, -0.15) is 0 Å². The number of hydrogen-bond donors (Lipinski definition) is 1. The van der Waals surface area contributed by atoms with Crippen LogP contribution in [0, 0.1) is 0 Å². The van der Waals surface area contributed by atoms with E-state index in [-0.39, 0.29) is 0 Å². The average molecular weight is 212 g/mol. The maximum Gasteiger partial charge on any atom is 0.328 e. The number of unbranched alkanes of at least 4 members (excludes halogenated alkanes) is 4. The molecule has 15 heavy (non-hydrogen) atoms. The lowest BCUT2D eigenvalue weighted by Crippen LogP contribution is -1.93. The number of carboxylic acid groups (broad SMARTS) is 1. The van der Waals surface area contributed by atoms with Crippen LogP contribution in [0.1, 0.15) is 65.2 Å². The van der Waals surface area contributed by atoms with Gasteiger partial charge in [0.1, 0.15) is 0 Å². The lowest BCUT2D eigenvalue weighted by molar-refractivity contribution is -0.131. The third kappa shape index (κ3) is 9.51. The first-order valence-corrected chi connectivity index (χ1v) is 6.13. The van der Waals surface area contributed by atoms with Crippen LogP contribution in [0.3, 0.4) is 0 Å². The van der Waals surface area contributed by atoms with Gasteiger partial charge >= 0.3 is 5.97 Å². The van der Waals surface area contributed by atoms with Gasteiger partial charge in [-0.1, -0.05) is 45.1 Å². The first-order chi connectivity index (χ1) is 7.20. The zero-order valence-corrected chi connectivity index (χ0v) is 10.1. The van der Waals surface area contributed by atoms with E-state index in [0.717, 1.165) is 37.7 Å². The van der Waals surface area contributed by atoms with Crippen molar-refractivity contribution in [1.29, 1.82) is 0 Å². The number of allylic oxidation sites excluding steroid dienone is 1. The highest BCUT2D eigenvalue weighted by Crippen LogP contribution is 2.16. The number of carbonyl (C=O) groups is 1. The first kappa shape index (κ1) is 14.2. The molecule has 0 aromatic rings. The van der Waals surface area contributed by atoms with Crippen LogP contribution in [0.5, 0.6) is 0 Å². The van der Waals surface area contributed by atoms with Crippen molar-refractivity contribution in [2.45, 2.75) is 65.2 Å². The van der Waals surface area contributed by atoms with Crippen molar-refractivity contribution < 1.29 is 9.90 Å². The summed E-state index contributed by atoms with van der Waals surface area (Å²) in [7, 11) is 0. The first-order valence-electron chi connectivity index (χ1n) is 6.13. The van der Waals surface area contributed by atoms with E-state index in [1.807, 2.05) is 0 Å². The van der Waals surface area contributed by atoms with E-state index in [0.29, 0.717) is 0 Å². The van der Waals surface area contributed by atoms with Crippen molar-refractivity contribution >= 4 is 5.97 Å². The molecule has 0 atom stereocenters. The van der Waals surface area contributed by atoms with Gasteiger partial charge in [0, 0.05) is 6.08 Å². The van der Waals surface area contributed by atoms with E-state index in [2.05, 4.69) is 13.8 Å². The second-order valence-electron chi connectivity index (χ2n) is 4.06. The minimum absolute atomic E-state index is 0.795. The van der Waals surface area contributed by atoms with Crippen LogP contribution in [0.15, 0.2) is 11.6 Å². The van der Waals surface area contributed by atoms with Gasteiger partial charge in [-0.25, -0.2) is 4.79 Å². The van der Waals surface area contributed by atoms with Crippen LogP contribution in [0.2, 0.25) is 0 Å². The molecule has 0 amide bonds. The second-order valence-corrected chi connectivity index (χ2v) is 4.06. The van der Waals surface area contributed by atoms with Crippen LogP contribution < -0.4 is 0 Å². The molecule has 0 radical (unpaired) electrons. The molecule has 0 aromatic heterocycles. The molecule has 0 unspecified atom stereocenters. The quantitative estimate of drug-likeness (QED) is 0.460. The molecule has 2 heteroatoms. The van der Waals surface area contributed by atoms with Crippen molar-refractivity contribution in [2.75, 3.05) is 0 Å². The SMILES string of the molecule is CCCCCC/C(=C\C(=O)O)CCCC. The Morgan fingerprint density at radius 2 is 1.60 bits per heavy atom. The van der Waals surface area contributed by atoms with E-state index in [9.17, 15) is 4.79 Å². The molecule has 0 aliphatic rings. The smallest absolute Gasteiger partial charge is 0.328 e. The Kier molecular flexibility index (Phi) is 9.24. The summed E-state index contributed by atoms with van der Waals surface area (Å²) in [6, 6.07) is 0. The largest absolute Gasteiger partial charge is 0.478 e. The third-order valence-electron chi connectivity index (χ3n) is 2.53. The molecule has 0 bridgehead atoms. The van der Waals surface area contributed by atoms with E-state index < -0.39 is 5.97 Å². The summed E-state index contributed by atoms with van der Waals surface area (Å²) in [6.45, 7) is 4.32. The summed E-state index contributed by atoms with van der Waals surface area (Å²) in [6.07, 6.45) is 10.4. The van der Waals surface area contributed by atoms with Crippen molar-refractivity contribution in [3.8, 4) is 0 Å². The normalized spacial score (nSPS) is 11.7. The highest BCUT2D eigenvalue weighted by atomic mass is 16.4. The Morgan fingerprint density at radius 3 is 2.13 bits per heavy atom. The molecule has 2 nitrogen and oxygen atoms in total. The molecule has 0 saturated carbocycles. The molecule has 0 rings (SSSR count). The van der Waals surface area contributed by atoms with Crippen LogP contribution >= 0.6 is 0 Å². The fraction of sp³-hybridized carbons (Fsp3) is 0.769. The Bertz CT molecular complexity index is 195. The molecule has 0 saturated heterocycles. The molecule has 0 aliphatic heterocycles. The maximum absolute atomic E-state index is 10.6. The highest BCUT2D eigenvalue weighted by Gasteiger charge is 2.00. The number of aliphatic carboxylic acids is 1. The summed E-state index contributed by atoms with van der Waals surface area (Å²) >= 11 is 0. The monoisotopic (exact) mass is 212 g/mol.